The first-order valence-electron chi connectivity index (χ1n) is 7.88. The Labute approximate surface area is 121 Å². The van der Waals surface area contributed by atoms with E-state index in [4.69, 9.17) is 9.47 Å². The number of fused-ring (bicyclic) bond motifs is 1. The molecule has 2 aliphatic rings. The van der Waals surface area contributed by atoms with Gasteiger partial charge in [0.05, 0.1) is 6.61 Å². The van der Waals surface area contributed by atoms with Crippen molar-refractivity contribution in [3.05, 3.63) is 29.3 Å². The zero-order valence-electron chi connectivity index (χ0n) is 12.4. The second kappa shape index (κ2) is 6.59. The van der Waals surface area contributed by atoms with E-state index in [0.717, 1.165) is 50.9 Å². The lowest BCUT2D eigenvalue weighted by atomic mass is 9.99. The maximum Gasteiger partial charge on any atom is 0.126 e. The second-order valence-electron chi connectivity index (χ2n) is 6.01. The fourth-order valence-electron chi connectivity index (χ4n) is 3.25. The van der Waals surface area contributed by atoms with E-state index in [1.54, 1.807) is 0 Å². The number of aryl methyl sites for hydroxylation is 1. The average molecular weight is 275 g/mol. The quantitative estimate of drug-likeness (QED) is 0.915. The van der Waals surface area contributed by atoms with E-state index in [1.165, 1.54) is 24.0 Å². The van der Waals surface area contributed by atoms with Gasteiger partial charge in [-0.2, -0.15) is 0 Å². The number of ether oxygens (including phenoxy) is 2. The fraction of sp³-hybridized carbons (Fsp3) is 0.647. The minimum Gasteiger partial charge on any atom is -0.493 e. The average Bonchev–Trinajstić information content (AvgIpc) is 2.87. The molecule has 3 rings (SSSR count). The van der Waals surface area contributed by atoms with E-state index in [1.807, 2.05) is 0 Å². The molecule has 0 aliphatic carbocycles. The SMILES string of the molecule is Cc1cccc2c1OCCCC2NCCC1CCOC1. The molecule has 20 heavy (non-hydrogen) atoms. The van der Waals surface area contributed by atoms with Gasteiger partial charge in [-0.15, -0.1) is 0 Å². The van der Waals surface area contributed by atoms with E-state index < -0.39 is 0 Å². The van der Waals surface area contributed by atoms with Gasteiger partial charge in [0, 0.05) is 24.8 Å². The van der Waals surface area contributed by atoms with Crippen LogP contribution >= 0.6 is 0 Å². The van der Waals surface area contributed by atoms with E-state index in [0.29, 0.717) is 6.04 Å². The Morgan fingerprint density at radius 3 is 3.05 bits per heavy atom. The minimum absolute atomic E-state index is 0.440. The summed E-state index contributed by atoms with van der Waals surface area (Å²) in [5, 5.41) is 3.74. The molecule has 1 aromatic carbocycles. The van der Waals surface area contributed by atoms with Crippen LogP contribution in [0.1, 0.15) is 42.9 Å². The second-order valence-corrected chi connectivity index (χ2v) is 6.01. The molecule has 110 valence electrons. The van der Waals surface area contributed by atoms with Gasteiger partial charge in [0.2, 0.25) is 0 Å². The number of para-hydroxylation sites is 1. The van der Waals surface area contributed by atoms with Crippen LogP contribution in [0.3, 0.4) is 0 Å². The maximum atomic E-state index is 5.93. The van der Waals surface area contributed by atoms with Gasteiger partial charge in [-0.3, -0.25) is 0 Å². The number of nitrogens with one attached hydrogen (secondary N) is 1. The first-order chi connectivity index (χ1) is 9.84. The van der Waals surface area contributed by atoms with Crippen LogP contribution in [0.4, 0.5) is 0 Å². The minimum atomic E-state index is 0.440. The molecule has 1 N–H and O–H groups in total. The molecule has 1 fully saturated rings. The van der Waals surface area contributed by atoms with Crippen LogP contribution in [0.25, 0.3) is 0 Å². The topological polar surface area (TPSA) is 30.5 Å². The predicted molar refractivity (Wildman–Crippen MR) is 80.2 cm³/mol. The molecule has 0 amide bonds. The summed E-state index contributed by atoms with van der Waals surface area (Å²) in [5.41, 5.74) is 2.59. The van der Waals surface area contributed by atoms with Gasteiger partial charge in [-0.05, 0) is 50.6 Å². The molecule has 2 atom stereocenters. The van der Waals surface area contributed by atoms with Crippen molar-refractivity contribution in [1.82, 2.24) is 5.32 Å². The van der Waals surface area contributed by atoms with Crippen molar-refractivity contribution in [2.24, 2.45) is 5.92 Å². The zero-order chi connectivity index (χ0) is 13.8. The lowest BCUT2D eigenvalue weighted by Gasteiger charge is -2.20. The third-order valence-electron chi connectivity index (χ3n) is 4.47. The monoisotopic (exact) mass is 275 g/mol. The summed E-state index contributed by atoms with van der Waals surface area (Å²) in [7, 11) is 0. The van der Waals surface area contributed by atoms with Crippen molar-refractivity contribution in [1.29, 1.82) is 0 Å². The van der Waals surface area contributed by atoms with Crippen LogP contribution < -0.4 is 10.1 Å². The molecule has 0 radical (unpaired) electrons. The zero-order valence-corrected chi connectivity index (χ0v) is 12.4. The first-order valence-corrected chi connectivity index (χ1v) is 7.88. The Kier molecular flexibility index (Phi) is 4.58. The van der Waals surface area contributed by atoms with Crippen molar-refractivity contribution in [2.75, 3.05) is 26.4 Å². The smallest absolute Gasteiger partial charge is 0.126 e. The molecular weight excluding hydrogens is 250 g/mol. The third-order valence-corrected chi connectivity index (χ3v) is 4.47. The van der Waals surface area contributed by atoms with Gasteiger partial charge < -0.3 is 14.8 Å². The molecule has 0 aromatic heterocycles. The molecule has 3 nitrogen and oxygen atoms in total. The van der Waals surface area contributed by atoms with Gasteiger partial charge in [-0.1, -0.05) is 18.2 Å². The van der Waals surface area contributed by atoms with Crippen LogP contribution in [0.15, 0.2) is 18.2 Å². The van der Waals surface area contributed by atoms with Crippen molar-refractivity contribution < 1.29 is 9.47 Å². The number of benzene rings is 1. The number of hydrogen-bond acceptors (Lipinski definition) is 3. The van der Waals surface area contributed by atoms with Crippen LogP contribution in [0, 0.1) is 12.8 Å². The molecule has 0 saturated carbocycles. The lowest BCUT2D eigenvalue weighted by molar-refractivity contribution is 0.184. The van der Waals surface area contributed by atoms with Gasteiger partial charge in [0.15, 0.2) is 0 Å². The summed E-state index contributed by atoms with van der Waals surface area (Å²) >= 11 is 0. The molecule has 1 saturated heterocycles. The highest BCUT2D eigenvalue weighted by Gasteiger charge is 2.21. The lowest BCUT2D eigenvalue weighted by Crippen LogP contribution is -2.24. The molecule has 3 heteroatoms. The fourth-order valence-corrected chi connectivity index (χ4v) is 3.25. The van der Waals surface area contributed by atoms with Crippen molar-refractivity contribution in [3.8, 4) is 5.75 Å². The largest absolute Gasteiger partial charge is 0.493 e. The van der Waals surface area contributed by atoms with Crippen LogP contribution in [0.5, 0.6) is 5.75 Å². The molecule has 2 unspecified atom stereocenters. The van der Waals surface area contributed by atoms with Crippen molar-refractivity contribution in [2.45, 2.75) is 38.6 Å². The number of rotatable bonds is 4. The molecule has 0 spiro atoms. The standard InChI is InChI=1S/C17H25NO2/c1-13-4-2-5-15-16(6-3-10-20-17(13)15)18-9-7-14-8-11-19-12-14/h2,4-5,14,16,18H,3,6-12H2,1H3. The Morgan fingerprint density at radius 2 is 2.20 bits per heavy atom. The summed E-state index contributed by atoms with van der Waals surface area (Å²) in [6.07, 6.45) is 4.74. The molecule has 2 aliphatic heterocycles. The normalized spacial score (nSPS) is 25.9. The van der Waals surface area contributed by atoms with Crippen LogP contribution in [-0.4, -0.2) is 26.4 Å². The summed E-state index contributed by atoms with van der Waals surface area (Å²) in [6.45, 7) is 5.95. The Morgan fingerprint density at radius 1 is 1.25 bits per heavy atom. The first kappa shape index (κ1) is 13.9. The summed E-state index contributed by atoms with van der Waals surface area (Å²) < 4.78 is 11.4. The Bertz CT molecular complexity index is 441. The van der Waals surface area contributed by atoms with Gasteiger partial charge in [0.1, 0.15) is 5.75 Å². The van der Waals surface area contributed by atoms with Crippen LogP contribution in [0.2, 0.25) is 0 Å². The van der Waals surface area contributed by atoms with Crippen LogP contribution in [-0.2, 0) is 4.74 Å². The Hall–Kier alpha value is -1.06. The van der Waals surface area contributed by atoms with E-state index in [-0.39, 0.29) is 0 Å². The Balaban J connectivity index is 1.62. The molecule has 2 heterocycles. The third kappa shape index (κ3) is 3.15. The van der Waals surface area contributed by atoms with E-state index >= 15 is 0 Å². The van der Waals surface area contributed by atoms with Crippen molar-refractivity contribution >= 4 is 0 Å². The van der Waals surface area contributed by atoms with Gasteiger partial charge >= 0.3 is 0 Å². The summed E-state index contributed by atoms with van der Waals surface area (Å²) in [5.74, 6) is 1.85. The molecule has 0 bridgehead atoms. The van der Waals surface area contributed by atoms with E-state index in [2.05, 4.69) is 30.4 Å². The molecule has 1 aromatic rings. The summed E-state index contributed by atoms with van der Waals surface area (Å²) in [6, 6.07) is 6.93. The highest BCUT2D eigenvalue weighted by molar-refractivity contribution is 5.43. The summed E-state index contributed by atoms with van der Waals surface area (Å²) in [4.78, 5) is 0. The molecular formula is C17H25NO2. The van der Waals surface area contributed by atoms with E-state index in [9.17, 15) is 0 Å². The maximum absolute atomic E-state index is 5.93. The predicted octanol–water partition coefficient (Wildman–Crippen LogP) is 3.22. The van der Waals surface area contributed by atoms with Gasteiger partial charge in [0.25, 0.3) is 0 Å². The van der Waals surface area contributed by atoms with Gasteiger partial charge in [-0.25, -0.2) is 0 Å². The number of hydrogen-bond donors (Lipinski definition) is 1. The highest BCUT2D eigenvalue weighted by atomic mass is 16.5. The highest BCUT2D eigenvalue weighted by Crippen LogP contribution is 2.34. The van der Waals surface area contributed by atoms with Crippen molar-refractivity contribution in [3.63, 3.8) is 0 Å².